The fourth-order valence-corrected chi connectivity index (χ4v) is 1.59. The van der Waals surface area contributed by atoms with Crippen LogP contribution in [-0.4, -0.2) is 11.9 Å². The van der Waals surface area contributed by atoms with Crippen LogP contribution >= 0.6 is 15.9 Å². The van der Waals surface area contributed by atoms with Gasteiger partial charge in [0.05, 0.1) is 5.92 Å². The van der Waals surface area contributed by atoms with E-state index in [1.807, 2.05) is 39.0 Å². The first kappa shape index (κ1) is 13.2. The van der Waals surface area contributed by atoms with E-state index < -0.39 is 0 Å². The quantitative estimate of drug-likeness (QED) is 0.897. The Labute approximate surface area is 105 Å². The average Bonchev–Trinajstić information content (AvgIpc) is 2.23. The Morgan fingerprint density at radius 1 is 1.44 bits per heavy atom. The first-order valence-electron chi connectivity index (χ1n) is 5.25. The Hall–Kier alpha value is -0.870. The largest absolute Gasteiger partial charge is 0.327 e. The summed E-state index contributed by atoms with van der Waals surface area (Å²) < 4.78 is 0.985. The van der Waals surface area contributed by atoms with Crippen LogP contribution in [0.5, 0.6) is 0 Å². The van der Waals surface area contributed by atoms with E-state index in [1.54, 1.807) is 0 Å². The van der Waals surface area contributed by atoms with Gasteiger partial charge in [-0.2, -0.15) is 0 Å². The van der Waals surface area contributed by atoms with Gasteiger partial charge in [-0.25, -0.2) is 0 Å². The standard InChI is InChI=1S/C12H17BrN2O/c1-7(9(3)14)12(16)15-11-6-4-5-10(13)8(11)2/h4-7,9H,14H2,1-3H3,(H,15,16). The van der Waals surface area contributed by atoms with Crippen molar-refractivity contribution in [3.8, 4) is 0 Å². The van der Waals surface area contributed by atoms with Gasteiger partial charge in [0.25, 0.3) is 0 Å². The molecule has 16 heavy (non-hydrogen) atoms. The van der Waals surface area contributed by atoms with Crippen molar-refractivity contribution < 1.29 is 4.79 Å². The molecule has 0 radical (unpaired) electrons. The number of carbonyl (C=O) groups excluding carboxylic acids is 1. The van der Waals surface area contributed by atoms with Crippen molar-refractivity contribution in [2.45, 2.75) is 26.8 Å². The summed E-state index contributed by atoms with van der Waals surface area (Å²) >= 11 is 3.43. The minimum atomic E-state index is -0.196. The fourth-order valence-electron chi connectivity index (χ4n) is 1.23. The smallest absolute Gasteiger partial charge is 0.228 e. The summed E-state index contributed by atoms with van der Waals surface area (Å²) in [5, 5.41) is 2.88. The lowest BCUT2D eigenvalue weighted by molar-refractivity contribution is -0.119. The molecule has 0 fully saturated rings. The molecule has 1 amide bonds. The molecule has 0 heterocycles. The van der Waals surface area contributed by atoms with E-state index in [2.05, 4.69) is 21.2 Å². The van der Waals surface area contributed by atoms with Crippen LogP contribution in [0.1, 0.15) is 19.4 Å². The highest BCUT2D eigenvalue weighted by molar-refractivity contribution is 9.10. The summed E-state index contributed by atoms with van der Waals surface area (Å²) in [6, 6.07) is 5.57. The number of anilines is 1. The molecule has 1 aromatic rings. The maximum atomic E-state index is 11.8. The van der Waals surface area contributed by atoms with Gasteiger partial charge in [0.15, 0.2) is 0 Å². The number of nitrogens with two attached hydrogens (primary N) is 1. The highest BCUT2D eigenvalue weighted by atomic mass is 79.9. The Bertz CT molecular complexity index is 391. The third-order valence-corrected chi connectivity index (χ3v) is 3.59. The molecule has 1 aromatic carbocycles. The van der Waals surface area contributed by atoms with Crippen LogP contribution in [0.25, 0.3) is 0 Å². The second-order valence-electron chi connectivity index (χ2n) is 4.05. The molecule has 0 aromatic heterocycles. The number of rotatable bonds is 3. The molecule has 0 aliphatic rings. The van der Waals surface area contributed by atoms with E-state index in [0.717, 1.165) is 15.7 Å². The van der Waals surface area contributed by atoms with Gasteiger partial charge in [-0.3, -0.25) is 4.79 Å². The Kier molecular flexibility index (Phi) is 4.50. The molecule has 0 bridgehead atoms. The van der Waals surface area contributed by atoms with Gasteiger partial charge in [0, 0.05) is 16.2 Å². The predicted octanol–water partition coefficient (Wildman–Crippen LogP) is 2.68. The molecular weight excluding hydrogens is 268 g/mol. The highest BCUT2D eigenvalue weighted by Gasteiger charge is 2.17. The van der Waals surface area contributed by atoms with Gasteiger partial charge in [-0.15, -0.1) is 0 Å². The normalized spacial score (nSPS) is 14.3. The van der Waals surface area contributed by atoms with E-state index in [1.165, 1.54) is 0 Å². The molecule has 2 atom stereocenters. The number of carbonyl (C=O) groups is 1. The lowest BCUT2D eigenvalue weighted by Gasteiger charge is -2.16. The van der Waals surface area contributed by atoms with Gasteiger partial charge in [0.1, 0.15) is 0 Å². The topological polar surface area (TPSA) is 55.1 Å². The second kappa shape index (κ2) is 5.46. The monoisotopic (exact) mass is 284 g/mol. The van der Waals surface area contributed by atoms with Gasteiger partial charge < -0.3 is 11.1 Å². The third kappa shape index (κ3) is 3.06. The summed E-state index contributed by atoms with van der Waals surface area (Å²) in [6.07, 6.45) is 0. The van der Waals surface area contributed by atoms with Crippen LogP contribution in [0.2, 0.25) is 0 Å². The lowest BCUT2D eigenvalue weighted by atomic mass is 10.0. The van der Waals surface area contributed by atoms with E-state index in [0.29, 0.717) is 0 Å². The SMILES string of the molecule is Cc1c(Br)cccc1NC(=O)C(C)C(C)N. The van der Waals surface area contributed by atoms with Crippen molar-refractivity contribution in [2.24, 2.45) is 11.7 Å². The number of nitrogens with one attached hydrogen (secondary N) is 1. The number of hydrogen-bond acceptors (Lipinski definition) is 2. The van der Waals surface area contributed by atoms with Crippen molar-refractivity contribution in [3.05, 3.63) is 28.2 Å². The van der Waals surface area contributed by atoms with Crippen LogP contribution in [0.3, 0.4) is 0 Å². The zero-order valence-corrected chi connectivity index (χ0v) is 11.3. The van der Waals surface area contributed by atoms with E-state index in [9.17, 15) is 4.79 Å². The van der Waals surface area contributed by atoms with Gasteiger partial charge in [-0.1, -0.05) is 28.9 Å². The zero-order valence-electron chi connectivity index (χ0n) is 9.75. The van der Waals surface area contributed by atoms with Gasteiger partial charge in [-0.05, 0) is 31.5 Å². The summed E-state index contributed by atoms with van der Waals surface area (Å²) in [5.41, 5.74) is 7.54. The molecule has 3 N–H and O–H groups in total. The Morgan fingerprint density at radius 3 is 2.62 bits per heavy atom. The first-order valence-corrected chi connectivity index (χ1v) is 6.04. The minimum Gasteiger partial charge on any atom is -0.327 e. The molecule has 0 spiro atoms. The zero-order chi connectivity index (χ0) is 12.3. The van der Waals surface area contributed by atoms with Crippen molar-refractivity contribution in [1.29, 1.82) is 0 Å². The molecule has 88 valence electrons. The summed E-state index contributed by atoms with van der Waals surface area (Å²) in [7, 11) is 0. The first-order chi connectivity index (χ1) is 7.43. The number of hydrogen-bond donors (Lipinski definition) is 2. The second-order valence-corrected chi connectivity index (χ2v) is 4.90. The number of amides is 1. The van der Waals surface area contributed by atoms with Crippen molar-refractivity contribution >= 4 is 27.5 Å². The number of halogens is 1. The molecule has 2 unspecified atom stereocenters. The summed E-state index contributed by atoms with van der Waals surface area (Å²) in [6.45, 7) is 5.61. The summed E-state index contributed by atoms with van der Waals surface area (Å²) in [4.78, 5) is 11.8. The minimum absolute atomic E-state index is 0.0452. The fraction of sp³-hybridized carbons (Fsp3) is 0.417. The maximum Gasteiger partial charge on any atom is 0.228 e. The molecule has 0 saturated heterocycles. The molecule has 3 nitrogen and oxygen atoms in total. The molecule has 0 aliphatic heterocycles. The van der Waals surface area contributed by atoms with Crippen molar-refractivity contribution in [1.82, 2.24) is 0 Å². The van der Waals surface area contributed by atoms with Crippen LogP contribution in [-0.2, 0) is 4.79 Å². The molecule has 4 heteroatoms. The Balaban J connectivity index is 2.81. The lowest BCUT2D eigenvalue weighted by Crippen LogP contribution is -2.34. The van der Waals surface area contributed by atoms with E-state index in [-0.39, 0.29) is 17.9 Å². The van der Waals surface area contributed by atoms with Crippen LogP contribution in [0.15, 0.2) is 22.7 Å². The molecule has 1 rings (SSSR count). The van der Waals surface area contributed by atoms with Crippen LogP contribution in [0, 0.1) is 12.8 Å². The third-order valence-electron chi connectivity index (χ3n) is 2.73. The van der Waals surface area contributed by atoms with E-state index >= 15 is 0 Å². The molecule has 0 saturated carbocycles. The maximum absolute atomic E-state index is 11.8. The van der Waals surface area contributed by atoms with Crippen LogP contribution < -0.4 is 11.1 Å². The summed E-state index contributed by atoms with van der Waals surface area (Å²) in [5.74, 6) is -0.241. The van der Waals surface area contributed by atoms with Crippen molar-refractivity contribution in [3.63, 3.8) is 0 Å². The average molecular weight is 285 g/mol. The Morgan fingerprint density at radius 2 is 2.06 bits per heavy atom. The van der Waals surface area contributed by atoms with Gasteiger partial charge in [0.2, 0.25) is 5.91 Å². The van der Waals surface area contributed by atoms with Crippen LogP contribution in [0.4, 0.5) is 5.69 Å². The van der Waals surface area contributed by atoms with Gasteiger partial charge >= 0.3 is 0 Å². The predicted molar refractivity (Wildman–Crippen MR) is 70.3 cm³/mol. The van der Waals surface area contributed by atoms with Crippen molar-refractivity contribution in [2.75, 3.05) is 5.32 Å². The molecular formula is C12H17BrN2O. The number of benzene rings is 1. The highest BCUT2D eigenvalue weighted by Crippen LogP contribution is 2.23. The van der Waals surface area contributed by atoms with E-state index in [4.69, 9.17) is 5.73 Å². The molecule has 0 aliphatic carbocycles.